The van der Waals surface area contributed by atoms with Crippen molar-refractivity contribution in [2.24, 2.45) is 7.05 Å². The van der Waals surface area contributed by atoms with Gasteiger partial charge in [-0.05, 0) is 12.1 Å². The molecule has 0 atom stereocenters. The van der Waals surface area contributed by atoms with Crippen molar-refractivity contribution in [3.8, 4) is 6.01 Å². The van der Waals surface area contributed by atoms with Crippen LogP contribution >= 0.6 is 0 Å². The second-order valence-electron chi connectivity index (χ2n) is 6.50. The maximum absolute atomic E-state index is 13.1. The predicted octanol–water partition coefficient (Wildman–Crippen LogP) is 0.694. The van der Waals surface area contributed by atoms with Crippen LogP contribution in [0.4, 0.5) is 5.82 Å². The third-order valence-electron chi connectivity index (χ3n) is 4.85. The van der Waals surface area contributed by atoms with Gasteiger partial charge in [0.2, 0.25) is 0 Å². The number of amides is 1. The third-order valence-corrected chi connectivity index (χ3v) is 4.85. The van der Waals surface area contributed by atoms with E-state index in [1.807, 2.05) is 6.07 Å². The fraction of sp³-hybridized carbons (Fsp3) is 0.316. The van der Waals surface area contributed by atoms with Crippen molar-refractivity contribution in [1.29, 1.82) is 0 Å². The summed E-state index contributed by atoms with van der Waals surface area (Å²) in [7, 11) is 3.09. The highest BCUT2D eigenvalue weighted by Crippen LogP contribution is 2.19. The molecule has 9 nitrogen and oxygen atoms in total. The van der Waals surface area contributed by atoms with Crippen molar-refractivity contribution in [3.05, 3.63) is 52.6 Å². The lowest BCUT2D eigenvalue weighted by atomic mass is 10.1. The standard InChI is InChI=1S/C19H20N6O3/c1-23-17(26)14-6-4-3-5-13(14)16(22-23)18(27)25-11-9-24(10-12-25)15-7-8-20-19(21-15)28-2/h3-8H,9-12H2,1-2H3. The van der Waals surface area contributed by atoms with Crippen LogP contribution in [-0.4, -0.2) is 63.8 Å². The Balaban J connectivity index is 1.56. The summed E-state index contributed by atoms with van der Waals surface area (Å²) in [5, 5.41) is 5.32. The molecule has 144 valence electrons. The Bertz CT molecular complexity index is 1090. The number of ether oxygens (including phenoxy) is 1. The largest absolute Gasteiger partial charge is 0.467 e. The second kappa shape index (κ2) is 7.26. The van der Waals surface area contributed by atoms with Crippen molar-refractivity contribution in [2.75, 3.05) is 38.2 Å². The zero-order valence-corrected chi connectivity index (χ0v) is 15.7. The first-order valence-corrected chi connectivity index (χ1v) is 8.96. The molecule has 1 aromatic carbocycles. The van der Waals surface area contributed by atoms with E-state index in [2.05, 4.69) is 20.0 Å². The molecule has 0 unspecified atom stereocenters. The number of aryl methyl sites for hydroxylation is 1. The summed E-state index contributed by atoms with van der Waals surface area (Å²) in [5.74, 6) is 0.594. The van der Waals surface area contributed by atoms with Gasteiger partial charge in [-0.15, -0.1) is 0 Å². The van der Waals surface area contributed by atoms with Crippen molar-refractivity contribution in [2.45, 2.75) is 0 Å². The SMILES string of the molecule is COc1nccc(N2CCN(C(=O)c3nn(C)c(=O)c4ccccc34)CC2)n1. The number of benzene rings is 1. The van der Waals surface area contributed by atoms with Gasteiger partial charge < -0.3 is 14.5 Å². The fourth-order valence-corrected chi connectivity index (χ4v) is 3.35. The first-order valence-electron chi connectivity index (χ1n) is 8.96. The van der Waals surface area contributed by atoms with E-state index in [1.165, 1.54) is 11.8 Å². The molecule has 0 spiro atoms. The van der Waals surface area contributed by atoms with Gasteiger partial charge in [-0.2, -0.15) is 10.1 Å². The number of piperazine rings is 1. The molecule has 2 aromatic heterocycles. The molecule has 0 radical (unpaired) electrons. The number of methoxy groups -OCH3 is 1. The Labute approximate surface area is 161 Å². The molecule has 9 heteroatoms. The van der Waals surface area contributed by atoms with Crippen LogP contribution in [0.2, 0.25) is 0 Å². The lowest BCUT2D eigenvalue weighted by molar-refractivity contribution is 0.0740. The number of hydrogen-bond donors (Lipinski definition) is 0. The van der Waals surface area contributed by atoms with E-state index < -0.39 is 0 Å². The molecule has 1 fully saturated rings. The monoisotopic (exact) mass is 380 g/mol. The van der Waals surface area contributed by atoms with Crippen LogP contribution in [0.25, 0.3) is 10.8 Å². The van der Waals surface area contributed by atoms with Crippen LogP contribution in [0.15, 0.2) is 41.3 Å². The minimum atomic E-state index is -0.213. The summed E-state index contributed by atoms with van der Waals surface area (Å²) >= 11 is 0. The molecule has 1 saturated heterocycles. The van der Waals surface area contributed by atoms with E-state index in [1.54, 1.807) is 42.4 Å². The topological polar surface area (TPSA) is 93.5 Å². The fourth-order valence-electron chi connectivity index (χ4n) is 3.35. The van der Waals surface area contributed by atoms with Crippen molar-refractivity contribution in [1.82, 2.24) is 24.6 Å². The molecule has 1 amide bonds. The molecule has 0 saturated carbocycles. The molecule has 4 rings (SSSR count). The molecule has 1 aliphatic heterocycles. The Morgan fingerprint density at radius 1 is 1.07 bits per heavy atom. The molecule has 0 aliphatic carbocycles. The predicted molar refractivity (Wildman–Crippen MR) is 104 cm³/mol. The third kappa shape index (κ3) is 3.15. The second-order valence-corrected chi connectivity index (χ2v) is 6.50. The highest BCUT2D eigenvalue weighted by molar-refractivity contribution is 6.04. The number of carbonyl (C=O) groups is 1. The first kappa shape index (κ1) is 17.9. The normalized spacial score (nSPS) is 14.4. The van der Waals surface area contributed by atoms with Gasteiger partial charge in [-0.3, -0.25) is 9.59 Å². The Hall–Kier alpha value is -3.49. The first-order chi connectivity index (χ1) is 13.6. The van der Waals surface area contributed by atoms with Crippen LogP contribution in [0.1, 0.15) is 10.5 Å². The highest BCUT2D eigenvalue weighted by Gasteiger charge is 2.26. The number of hydrogen-bond acceptors (Lipinski definition) is 7. The van der Waals surface area contributed by atoms with E-state index in [-0.39, 0.29) is 11.5 Å². The molecule has 3 aromatic rings. The Morgan fingerprint density at radius 3 is 2.50 bits per heavy atom. The molecule has 1 aliphatic rings. The number of aromatic nitrogens is 4. The molecule has 28 heavy (non-hydrogen) atoms. The lowest BCUT2D eigenvalue weighted by Gasteiger charge is -2.35. The summed E-state index contributed by atoms with van der Waals surface area (Å²) in [5.41, 5.74) is 0.0875. The van der Waals surface area contributed by atoms with Gasteiger partial charge in [0.1, 0.15) is 5.82 Å². The maximum Gasteiger partial charge on any atom is 0.318 e. The summed E-state index contributed by atoms with van der Waals surface area (Å²) in [4.78, 5) is 37.6. The zero-order chi connectivity index (χ0) is 19.7. The van der Waals surface area contributed by atoms with E-state index in [9.17, 15) is 9.59 Å². The summed E-state index contributed by atoms with van der Waals surface area (Å²) in [6.45, 7) is 2.33. The van der Waals surface area contributed by atoms with Gasteiger partial charge >= 0.3 is 6.01 Å². The van der Waals surface area contributed by atoms with Gasteiger partial charge in [0.25, 0.3) is 11.5 Å². The maximum atomic E-state index is 13.1. The number of carbonyl (C=O) groups excluding carboxylic acids is 1. The minimum Gasteiger partial charge on any atom is -0.467 e. The van der Waals surface area contributed by atoms with Crippen molar-refractivity contribution in [3.63, 3.8) is 0 Å². The Morgan fingerprint density at radius 2 is 1.79 bits per heavy atom. The average molecular weight is 380 g/mol. The van der Waals surface area contributed by atoms with Crippen LogP contribution in [-0.2, 0) is 7.05 Å². The molecule has 3 heterocycles. The highest BCUT2D eigenvalue weighted by atomic mass is 16.5. The van der Waals surface area contributed by atoms with E-state index >= 15 is 0 Å². The van der Waals surface area contributed by atoms with Crippen molar-refractivity contribution >= 4 is 22.5 Å². The van der Waals surface area contributed by atoms with E-state index in [0.717, 1.165) is 5.82 Å². The smallest absolute Gasteiger partial charge is 0.318 e. The van der Waals surface area contributed by atoms with Crippen LogP contribution in [0.5, 0.6) is 6.01 Å². The van der Waals surface area contributed by atoms with Crippen LogP contribution < -0.4 is 15.2 Å². The van der Waals surface area contributed by atoms with Crippen molar-refractivity contribution < 1.29 is 9.53 Å². The van der Waals surface area contributed by atoms with Crippen LogP contribution in [0, 0.1) is 0 Å². The van der Waals surface area contributed by atoms with Gasteiger partial charge in [0, 0.05) is 44.8 Å². The summed E-state index contributed by atoms with van der Waals surface area (Å²) < 4.78 is 6.30. The minimum absolute atomic E-state index is 0.174. The number of anilines is 1. The van der Waals surface area contributed by atoms with Gasteiger partial charge in [-0.25, -0.2) is 9.67 Å². The van der Waals surface area contributed by atoms with Gasteiger partial charge in [0.15, 0.2) is 5.69 Å². The number of nitrogens with zero attached hydrogens (tertiary/aromatic N) is 6. The van der Waals surface area contributed by atoms with Gasteiger partial charge in [-0.1, -0.05) is 18.2 Å². The quantitative estimate of drug-likeness (QED) is 0.660. The number of rotatable bonds is 3. The number of fused-ring (bicyclic) bond motifs is 1. The molecular formula is C19H20N6O3. The van der Waals surface area contributed by atoms with E-state index in [0.29, 0.717) is 48.7 Å². The Kier molecular flexibility index (Phi) is 4.64. The molecular weight excluding hydrogens is 360 g/mol. The van der Waals surface area contributed by atoms with Crippen LogP contribution in [0.3, 0.4) is 0 Å². The molecule has 0 N–H and O–H groups in total. The zero-order valence-electron chi connectivity index (χ0n) is 15.7. The molecule has 0 bridgehead atoms. The van der Waals surface area contributed by atoms with E-state index in [4.69, 9.17) is 4.74 Å². The average Bonchev–Trinajstić information content (AvgIpc) is 2.76. The summed E-state index contributed by atoms with van der Waals surface area (Å²) in [6, 6.07) is 9.21. The summed E-state index contributed by atoms with van der Waals surface area (Å²) in [6.07, 6.45) is 1.65. The van der Waals surface area contributed by atoms with Gasteiger partial charge in [0.05, 0.1) is 12.5 Å². The lowest BCUT2D eigenvalue weighted by Crippen LogP contribution is -2.49.